The van der Waals surface area contributed by atoms with E-state index in [9.17, 15) is 4.79 Å². The van der Waals surface area contributed by atoms with E-state index in [1.807, 2.05) is 20.8 Å². The van der Waals surface area contributed by atoms with Crippen molar-refractivity contribution in [2.75, 3.05) is 5.32 Å². The Kier molecular flexibility index (Phi) is 3.67. The highest BCUT2D eigenvalue weighted by molar-refractivity contribution is 7.15. The zero-order chi connectivity index (χ0) is 11.6. The summed E-state index contributed by atoms with van der Waals surface area (Å²) in [5, 5.41) is 11.3. The van der Waals surface area contributed by atoms with E-state index in [1.165, 1.54) is 11.3 Å². The van der Waals surface area contributed by atoms with Gasteiger partial charge in [0.2, 0.25) is 11.0 Å². The van der Waals surface area contributed by atoms with E-state index in [-0.39, 0.29) is 11.3 Å². The van der Waals surface area contributed by atoms with Crippen molar-refractivity contribution in [3.63, 3.8) is 0 Å². The molecular formula is C9H14ClN3OS. The van der Waals surface area contributed by atoms with Gasteiger partial charge in [0.25, 0.3) is 0 Å². The maximum Gasteiger partial charge on any atom is 0.243 e. The van der Waals surface area contributed by atoms with E-state index in [1.54, 1.807) is 6.92 Å². The highest BCUT2D eigenvalue weighted by Gasteiger charge is 2.20. The van der Waals surface area contributed by atoms with Crippen LogP contribution in [0.15, 0.2) is 0 Å². The summed E-state index contributed by atoms with van der Waals surface area (Å²) in [6, 6.07) is 0. The van der Waals surface area contributed by atoms with Gasteiger partial charge in [-0.1, -0.05) is 32.1 Å². The monoisotopic (exact) mass is 247 g/mol. The van der Waals surface area contributed by atoms with Gasteiger partial charge in [-0.15, -0.1) is 21.8 Å². The number of halogens is 1. The second-order valence-corrected chi connectivity index (χ2v) is 5.90. The molecule has 1 amide bonds. The van der Waals surface area contributed by atoms with Crippen molar-refractivity contribution in [3.8, 4) is 0 Å². The SMILES string of the molecule is C[C@H](Cl)C(=O)Nc1nnc(C(C)(C)C)s1. The van der Waals surface area contributed by atoms with Crippen LogP contribution >= 0.6 is 22.9 Å². The second-order valence-electron chi connectivity index (χ2n) is 4.27. The van der Waals surface area contributed by atoms with Crippen LogP contribution in [-0.2, 0) is 10.2 Å². The minimum Gasteiger partial charge on any atom is -0.299 e. The van der Waals surface area contributed by atoms with E-state index in [0.29, 0.717) is 5.13 Å². The Morgan fingerprint density at radius 1 is 1.47 bits per heavy atom. The van der Waals surface area contributed by atoms with Gasteiger partial charge in [-0.05, 0) is 6.92 Å². The summed E-state index contributed by atoms with van der Waals surface area (Å²) >= 11 is 6.99. The maximum absolute atomic E-state index is 11.3. The molecular weight excluding hydrogens is 234 g/mol. The topological polar surface area (TPSA) is 54.9 Å². The number of carbonyl (C=O) groups excluding carboxylic acids is 1. The van der Waals surface area contributed by atoms with Crippen LogP contribution in [0.4, 0.5) is 5.13 Å². The molecule has 0 fully saturated rings. The highest BCUT2D eigenvalue weighted by atomic mass is 35.5. The Balaban J connectivity index is 2.73. The van der Waals surface area contributed by atoms with Crippen LogP contribution in [0.2, 0.25) is 0 Å². The summed E-state index contributed by atoms with van der Waals surface area (Å²) in [5.41, 5.74) is -0.0484. The quantitative estimate of drug-likeness (QED) is 0.817. The molecule has 0 aliphatic heterocycles. The summed E-state index contributed by atoms with van der Waals surface area (Å²) in [4.78, 5) is 11.3. The summed E-state index contributed by atoms with van der Waals surface area (Å²) in [5.74, 6) is -0.256. The van der Waals surface area contributed by atoms with Crippen LogP contribution in [0, 0.1) is 0 Å². The van der Waals surface area contributed by atoms with Crippen LogP contribution in [0.25, 0.3) is 0 Å². The first-order valence-electron chi connectivity index (χ1n) is 4.59. The van der Waals surface area contributed by atoms with Crippen LogP contribution in [0.5, 0.6) is 0 Å². The molecule has 0 aliphatic rings. The van der Waals surface area contributed by atoms with Gasteiger partial charge in [-0.25, -0.2) is 0 Å². The number of aromatic nitrogens is 2. The lowest BCUT2D eigenvalue weighted by Gasteiger charge is -2.12. The first-order valence-corrected chi connectivity index (χ1v) is 5.85. The van der Waals surface area contributed by atoms with Gasteiger partial charge < -0.3 is 0 Å². The smallest absolute Gasteiger partial charge is 0.243 e. The highest BCUT2D eigenvalue weighted by Crippen LogP contribution is 2.27. The zero-order valence-corrected chi connectivity index (χ0v) is 10.7. The zero-order valence-electron chi connectivity index (χ0n) is 9.17. The molecule has 4 nitrogen and oxygen atoms in total. The minimum absolute atomic E-state index is 0.0484. The average Bonchev–Trinajstić information content (AvgIpc) is 2.51. The Morgan fingerprint density at radius 3 is 2.47 bits per heavy atom. The normalized spacial score (nSPS) is 13.7. The predicted octanol–water partition coefficient (Wildman–Crippen LogP) is 2.40. The molecule has 0 aliphatic carbocycles. The molecule has 1 atom stereocenters. The first kappa shape index (κ1) is 12.4. The number of rotatable bonds is 2. The van der Waals surface area contributed by atoms with Crippen LogP contribution in [0.1, 0.15) is 32.7 Å². The average molecular weight is 248 g/mol. The van der Waals surface area contributed by atoms with Gasteiger partial charge >= 0.3 is 0 Å². The minimum atomic E-state index is -0.563. The molecule has 1 aromatic rings. The molecule has 0 unspecified atom stereocenters. The number of hydrogen-bond acceptors (Lipinski definition) is 4. The third kappa shape index (κ3) is 3.43. The molecule has 0 radical (unpaired) electrons. The molecule has 84 valence electrons. The molecule has 6 heteroatoms. The molecule has 1 heterocycles. The van der Waals surface area contributed by atoms with E-state index in [2.05, 4.69) is 15.5 Å². The molecule has 0 spiro atoms. The van der Waals surface area contributed by atoms with Crippen molar-refractivity contribution >= 4 is 34.0 Å². The largest absolute Gasteiger partial charge is 0.299 e. The van der Waals surface area contributed by atoms with Gasteiger partial charge in [-0.2, -0.15) is 0 Å². The summed E-state index contributed by atoms with van der Waals surface area (Å²) < 4.78 is 0. The Labute approximate surface area is 98.0 Å². The van der Waals surface area contributed by atoms with Crippen molar-refractivity contribution in [2.24, 2.45) is 0 Å². The predicted molar refractivity (Wildman–Crippen MR) is 62.6 cm³/mol. The number of nitrogens with zero attached hydrogens (tertiary/aromatic N) is 2. The molecule has 1 aromatic heterocycles. The van der Waals surface area contributed by atoms with Gasteiger partial charge in [-0.3, -0.25) is 10.1 Å². The number of amides is 1. The summed E-state index contributed by atoms with van der Waals surface area (Å²) in [6.07, 6.45) is 0. The lowest BCUT2D eigenvalue weighted by atomic mass is 9.98. The molecule has 1 N–H and O–H groups in total. The van der Waals surface area contributed by atoms with E-state index in [0.717, 1.165) is 5.01 Å². The third-order valence-electron chi connectivity index (χ3n) is 1.66. The molecule has 0 aromatic carbocycles. The van der Waals surface area contributed by atoms with Crippen molar-refractivity contribution in [1.82, 2.24) is 10.2 Å². The number of alkyl halides is 1. The standard InChI is InChI=1S/C9H14ClN3OS/c1-5(10)6(14)11-8-13-12-7(15-8)9(2,3)4/h5H,1-4H3,(H,11,13,14)/t5-/m0/s1. The van der Waals surface area contributed by atoms with Crippen molar-refractivity contribution in [3.05, 3.63) is 5.01 Å². The third-order valence-corrected chi connectivity index (χ3v) is 3.12. The number of anilines is 1. The summed E-state index contributed by atoms with van der Waals surface area (Å²) in [6.45, 7) is 7.75. The van der Waals surface area contributed by atoms with E-state index >= 15 is 0 Å². The molecule has 15 heavy (non-hydrogen) atoms. The van der Waals surface area contributed by atoms with Crippen LogP contribution < -0.4 is 5.32 Å². The molecule has 0 bridgehead atoms. The van der Waals surface area contributed by atoms with Crippen molar-refractivity contribution < 1.29 is 4.79 Å². The maximum atomic E-state index is 11.3. The van der Waals surface area contributed by atoms with E-state index < -0.39 is 5.38 Å². The summed E-state index contributed by atoms with van der Waals surface area (Å²) in [7, 11) is 0. The van der Waals surface area contributed by atoms with Gasteiger partial charge in [0.1, 0.15) is 10.4 Å². The Morgan fingerprint density at radius 2 is 2.07 bits per heavy atom. The van der Waals surface area contributed by atoms with Gasteiger partial charge in [0.05, 0.1) is 0 Å². The molecule has 1 rings (SSSR count). The van der Waals surface area contributed by atoms with Crippen molar-refractivity contribution in [1.29, 1.82) is 0 Å². The fraction of sp³-hybridized carbons (Fsp3) is 0.667. The molecule has 0 saturated carbocycles. The fourth-order valence-electron chi connectivity index (χ4n) is 0.782. The second kappa shape index (κ2) is 4.45. The molecule has 0 saturated heterocycles. The first-order chi connectivity index (χ1) is 6.80. The lowest BCUT2D eigenvalue weighted by Crippen LogP contribution is -2.20. The van der Waals surface area contributed by atoms with Crippen LogP contribution in [-0.4, -0.2) is 21.5 Å². The van der Waals surface area contributed by atoms with Gasteiger partial charge in [0.15, 0.2) is 0 Å². The van der Waals surface area contributed by atoms with Gasteiger partial charge in [0, 0.05) is 5.41 Å². The fourth-order valence-corrected chi connectivity index (χ4v) is 1.64. The van der Waals surface area contributed by atoms with Crippen molar-refractivity contribution in [2.45, 2.75) is 38.5 Å². The number of nitrogens with one attached hydrogen (secondary N) is 1. The lowest BCUT2D eigenvalue weighted by molar-refractivity contribution is -0.115. The Bertz CT molecular complexity index is 356. The Hall–Kier alpha value is -0.680. The van der Waals surface area contributed by atoms with Crippen LogP contribution in [0.3, 0.4) is 0 Å². The number of hydrogen-bond donors (Lipinski definition) is 1. The number of carbonyl (C=O) groups is 1. The van der Waals surface area contributed by atoms with E-state index in [4.69, 9.17) is 11.6 Å².